The first-order chi connectivity index (χ1) is 8.72. The van der Waals surface area contributed by atoms with Crippen molar-refractivity contribution in [2.45, 2.75) is 58.1 Å². The molecule has 0 aromatic carbocycles. The Morgan fingerprint density at radius 2 is 2.06 bits per heavy atom. The van der Waals surface area contributed by atoms with Gasteiger partial charge in [-0.3, -0.25) is 0 Å². The number of hydrogen-bond acceptors (Lipinski definition) is 3. The van der Waals surface area contributed by atoms with Crippen molar-refractivity contribution in [3.05, 3.63) is 0 Å². The van der Waals surface area contributed by atoms with Crippen LogP contribution in [0.3, 0.4) is 0 Å². The highest BCUT2D eigenvalue weighted by Crippen LogP contribution is 2.29. The fourth-order valence-electron chi connectivity index (χ4n) is 3.47. The van der Waals surface area contributed by atoms with Gasteiger partial charge in [-0.05, 0) is 44.1 Å². The summed E-state index contributed by atoms with van der Waals surface area (Å²) in [5.41, 5.74) is 0. The van der Waals surface area contributed by atoms with Crippen LogP contribution >= 0.6 is 0 Å². The normalized spacial score (nSPS) is 32.2. The minimum atomic E-state index is -0.115. The summed E-state index contributed by atoms with van der Waals surface area (Å²) in [7, 11) is 0. The van der Waals surface area contributed by atoms with Crippen LogP contribution in [0.25, 0.3) is 0 Å². The summed E-state index contributed by atoms with van der Waals surface area (Å²) in [5, 5.41) is 13.7. The zero-order valence-corrected chi connectivity index (χ0v) is 12.1. The zero-order valence-electron chi connectivity index (χ0n) is 12.1. The lowest BCUT2D eigenvalue weighted by atomic mass is 9.83. The van der Waals surface area contributed by atoms with Gasteiger partial charge < -0.3 is 15.3 Å². The predicted molar refractivity (Wildman–Crippen MR) is 75.7 cm³/mol. The van der Waals surface area contributed by atoms with Gasteiger partial charge in [0.15, 0.2) is 0 Å². The van der Waals surface area contributed by atoms with E-state index < -0.39 is 0 Å². The second-order valence-electron chi connectivity index (χ2n) is 6.24. The van der Waals surface area contributed by atoms with E-state index >= 15 is 0 Å². The highest BCUT2D eigenvalue weighted by atomic mass is 16.3. The van der Waals surface area contributed by atoms with Gasteiger partial charge in [-0.2, -0.15) is 0 Å². The summed E-state index contributed by atoms with van der Waals surface area (Å²) < 4.78 is 0. The molecule has 106 valence electrons. The van der Waals surface area contributed by atoms with Gasteiger partial charge >= 0.3 is 0 Å². The third-order valence-electron chi connectivity index (χ3n) is 4.75. The van der Waals surface area contributed by atoms with Gasteiger partial charge in [0.05, 0.1) is 6.10 Å². The molecule has 3 unspecified atom stereocenters. The lowest BCUT2D eigenvalue weighted by Crippen LogP contribution is -2.53. The first-order valence-electron chi connectivity index (χ1n) is 7.86. The molecule has 0 aromatic heterocycles. The Kier molecular flexibility index (Phi) is 5.46. The van der Waals surface area contributed by atoms with Gasteiger partial charge in [0.1, 0.15) is 0 Å². The largest absolute Gasteiger partial charge is 0.393 e. The molecule has 2 N–H and O–H groups in total. The maximum Gasteiger partial charge on any atom is 0.0578 e. The third-order valence-corrected chi connectivity index (χ3v) is 4.75. The first kappa shape index (κ1) is 14.3. The predicted octanol–water partition coefficient (Wildman–Crippen LogP) is 1.86. The van der Waals surface area contributed by atoms with Gasteiger partial charge in [-0.25, -0.2) is 0 Å². The Hall–Kier alpha value is -0.120. The Balaban J connectivity index is 1.87. The van der Waals surface area contributed by atoms with Crippen molar-refractivity contribution in [1.82, 2.24) is 10.2 Å². The summed E-state index contributed by atoms with van der Waals surface area (Å²) in [6.45, 7) is 8.85. The standard InChI is InChI=1S/C15H30N2O/c1-3-15(18)13-8-14(16-4-2)11-17(10-13)9-12-6-5-7-12/h12-16,18H,3-11H2,1-2H3. The highest BCUT2D eigenvalue weighted by molar-refractivity contribution is 4.88. The number of nitrogens with zero attached hydrogens (tertiary/aromatic N) is 1. The summed E-state index contributed by atoms with van der Waals surface area (Å²) in [6, 6.07) is 0.579. The molecular formula is C15H30N2O. The van der Waals surface area contributed by atoms with Crippen molar-refractivity contribution < 1.29 is 5.11 Å². The van der Waals surface area contributed by atoms with Gasteiger partial charge in [-0.1, -0.05) is 20.3 Å². The van der Waals surface area contributed by atoms with Crippen LogP contribution in [-0.2, 0) is 0 Å². The van der Waals surface area contributed by atoms with E-state index in [9.17, 15) is 5.11 Å². The van der Waals surface area contributed by atoms with Crippen LogP contribution in [0.4, 0.5) is 0 Å². The van der Waals surface area contributed by atoms with Crippen molar-refractivity contribution in [3.8, 4) is 0 Å². The smallest absolute Gasteiger partial charge is 0.0578 e. The van der Waals surface area contributed by atoms with Crippen LogP contribution in [0, 0.1) is 11.8 Å². The van der Waals surface area contributed by atoms with Crippen LogP contribution in [0.5, 0.6) is 0 Å². The number of nitrogens with one attached hydrogen (secondary N) is 1. The number of aliphatic hydroxyl groups excluding tert-OH is 1. The SMILES string of the molecule is CCNC1CC(C(O)CC)CN(CC2CCC2)C1. The molecule has 0 aromatic rings. The number of likely N-dealkylation sites (N-methyl/N-ethyl adjacent to an activating group) is 1. The molecule has 1 saturated carbocycles. The molecule has 3 heteroatoms. The molecule has 2 fully saturated rings. The molecule has 2 rings (SSSR count). The fraction of sp³-hybridized carbons (Fsp3) is 1.00. The van der Waals surface area contributed by atoms with Gasteiger partial charge in [-0.15, -0.1) is 0 Å². The average molecular weight is 254 g/mol. The van der Waals surface area contributed by atoms with Crippen molar-refractivity contribution >= 4 is 0 Å². The molecule has 1 heterocycles. The number of piperidine rings is 1. The molecule has 3 nitrogen and oxygen atoms in total. The van der Waals surface area contributed by atoms with Crippen molar-refractivity contribution in [2.24, 2.45) is 11.8 Å². The van der Waals surface area contributed by atoms with Gasteiger partial charge in [0.25, 0.3) is 0 Å². The van der Waals surface area contributed by atoms with Crippen LogP contribution < -0.4 is 5.32 Å². The quantitative estimate of drug-likeness (QED) is 0.759. The van der Waals surface area contributed by atoms with E-state index in [2.05, 4.69) is 24.1 Å². The molecule has 0 radical (unpaired) electrons. The molecule has 2 aliphatic rings. The van der Waals surface area contributed by atoms with E-state index in [1.165, 1.54) is 32.4 Å². The molecule has 1 aliphatic heterocycles. The average Bonchev–Trinajstić information content (AvgIpc) is 2.33. The van der Waals surface area contributed by atoms with E-state index in [4.69, 9.17) is 0 Å². The lowest BCUT2D eigenvalue weighted by Gasteiger charge is -2.42. The van der Waals surface area contributed by atoms with Crippen molar-refractivity contribution in [3.63, 3.8) is 0 Å². The second kappa shape index (κ2) is 6.88. The fourth-order valence-corrected chi connectivity index (χ4v) is 3.47. The number of hydrogen-bond donors (Lipinski definition) is 2. The van der Waals surface area contributed by atoms with E-state index in [-0.39, 0.29) is 6.10 Å². The summed E-state index contributed by atoms with van der Waals surface area (Å²) in [5.74, 6) is 1.40. The van der Waals surface area contributed by atoms with E-state index in [0.717, 1.165) is 31.8 Å². The van der Waals surface area contributed by atoms with Gasteiger partial charge in [0, 0.05) is 25.7 Å². The molecule has 3 atom stereocenters. The lowest BCUT2D eigenvalue weighted by molar-refractivity contribution is 0.0251. The maximum absolute atomic E-state index is 10.1. The second-order valence-corrected chi connectivity index (χ2v) is 6.24. The Labute approximate surface area is 112 Å². The number of aliphatic hydroxyl groups is 1. The molecule has 0 spiro atoms. The molecule has 1 saturated heterocycles. The minimum Gasteiger partial charge on any atom is -0.393 e. The molecule has 18 heavy (non-hydrogen) atoms. The monoisotopic (exact) mass is 254 g/mol. The maximum atomic E-state index is 10.1. The minimum absolute atomic E-state index is 0.115. The molecule has 0 bridgehead atoms. The summed E-state index contributed by atoms with van der Waals surface area (Å²) in [6.07, 6.45) is 6.18. The van der Waals surface area contributed by atoms with Crippen LogP contribution in [0.2, 0.25) is 0 Å². The summed E-state index contributed by atoms with van der Waals surface area (Å²) in [4.78, 5) is 2.60. The highest BCUT2D eigenvalue weighted by Gasteiger charge is 2.32. The Morgan fingerprint density at radius 3 is 2.61 bits per heavy atom. The Bertz CT molecular complexity index is 243. The third kappa shape index (κ3) is 3.69. The number of likely N-dealkylation sites (tertiary alicyclic amines) is 1. The van der Waals surface area contributed by atoms with E-state index in [0.29, 0.717) is 12.0 Å². The van der Waals surface area contributed by atoms with Crippen molar-refractivity contribution in [2.75, 3.05) is 26.2 Å². The molecule has 0 amide bonds. The molecule has 1 aliphatic carbocycles. The van der Waals surface area contributed by atoms with Crippen LogP contribution in [0.1, 0.15) is 46.0 Å². The van der Waals surface area contributed by atoms with Crippen molar-refractivity contribution in [1.29, 1.82) is 0 Å². The zero-order chi connectivity index (χ0) is 13.0. The Morgan fingerprint density at radius 1 is 1.28 bits per heavy atom. The molecular weight excluding hydrogens is 224 g/mol. The van der Waals surface area contributed by atoms with Gasteiger partial charge in [0.2, 0.25) is 0 Å². The van der Waals surface area contributed by atoms with E-state index in [1.807, 2.05) is 0 Å². The van der Waals surface area contributed by atoms with Crippen LogP contribution in [-0.4, -0.2) is 48.3 Å². The summed E-state index contributed by atoms with van der Waals surface area (Å²) >= 11 is 0. The number of rotatable bonds is 6. The first-order valence-corrected chi connectivity index (χ1v) is 7.86. The van der Waals surface area contributed by atoms with E-state index in [1.54, 1.807) is 0 Å². The topological polar surface area (TPSA) is 35.5 Å². The van der Waals surface area contributed by atoms with Crippen LogP contribution in [0.15, 0.2) is 0 Å².